The topological polar surface area (TPSA) is 104 Å². The maximum absolute atomic E-state index is 11.5. The first-order valence-electron chi connectivity index (χ1n) is 5.77. The van der Waals surface area contributed by atoms with Gasteiger partial charge in [-0.3, -0.25) is 9.59 Å². The number of hydrogen-bond donors (Lipinski definition) is 3. The fourth-order valence-electron chi connectivity index (χ4n) is 1.36. The fraction of sp³-hybridized carbons (Fsp3) is 0.545. The number of aliphatic hydroxyl groups is 1. The summed E-state index contributed by atoms with van der Waals surface area (Å²) in [4.78, 5) is 25.8. The molecule has 0 saturated carbocycles. The summed E-state index contributed by atoms with van der Waals surface area (Å²) in [5.41, 5.74) is 0.685. The molecule has 0 aliphatic heterocycles. The van der Waals surface area contributed by atoms with Crippen LogP contribution < -0.4 is 5.32 Å². The third-order valence-corrected chi connectivity index (χ3v) is 3.47. The molecular formula is C11H17N3O4S. The normalized spacial score (nSPS) is 10.4. The molecule has 0 spiro atoms. The Morgan fingerprint density at radius 3 is 2.84 bits per heavy atom. The molecule has 0 bridgehead atoms. The van der Waals surface area contributed by atoms with Crippen LogP contribution in [0.2, 0.25) is 0 Å². The van der Waals surface area contributed by atoms with Crippen LogP contribution in [-0.4, -0.2) is 43.9 Å². The van der Waals surface area contributed by atoms with Gasteiger partial charge < -0.3 is 20.1 Å². The number of carboxylic acid groups (broad SMARTS) is 1. The van der Waals surface area contributed by atoms with Gasteiger partial charge in [0.15, 0.2) is 5.16 Å². The Hall–Kier alpha value is -1.54. The zero-order valence-corrected chi connectivity index (χ0v) is 11.4. The van der Waals surface area contributed by atoms with Gasteiger partial charge in [-0.2, -0.15) is 0 Å². The summed E-state index contributed by atoms with van der Waals surface area (Å²) in [5.74, 6) is -0.819. The Morgan fingerprint density at radius 1 is 1.53 bits per heavy atom. The number of carboxylic acids is 1. The van der Waals surface area contributed by atoms with E-state index in [0.717, 1.165) is 0 Å². The summed E-state index contributed by atoms with van der Waals surface area (Å²) in [6.07, 6.45) is 2.03. The molecule has 1 heterocycles. The van der Waals surface area contributed by atoms with Crippen molar-refractivity contribution in [1.82, 2.24) is 14.9 Å². The van der Waals surface area contributed by atoms with Crippen LogP contribution in [0.1, 0.15) is 18.5 Å². The van der Waals surface area contributed by atoms with Gasteiger partial charge in [-0.05, 0) is 6.42 Å². The Balaban J connectivity index is 2.26. The molecule has 1 aromatic heterocycles. The number of aromatic nitrogens is 2. The van der Waals surface area contributed by atoms with Crippen molar-refractivity contribution in [2.24, 2.45) is 7.05 Å². The molecule has 0 unspecified atom stereocenters. The zero-order valence-electron chi connectivity index (χ0n) is 10.6. The van der Waals surface area contributed by atoms with Gasteiger partial charge >= 0.3 is 5.97 Å². The lowest BCUT2D eigenvalue weighted by molar-refractivity contribution is -0.137. The minimum Gasteiger partial charge on any atom is -0.481 e. The van der Waals surface area contributed by atoms with Gasteiger partial charge in [-0.25, -0.2) is 4.98 Å². The van der Waals surface area contributed by atoms with Crippen molar-refractivity contribution in [3.05, 3.63) is 11.9 Å². The van der Waals surface area contributed by atoms with E-state index in [1.165, 1.54) is 11.8 Å². The van der Waals surface area contributed by atoms with Crippen LogP contribution in [0.3, 0.4) is 0 Å². The van der Waals surface area contributed by atoms with Crippen molar-refractivity contribution in [3.63, 3.8) is 0 Å². The molecule has 8 heteroatoms. The number of carbonyl (C=O) groups excluding carboxylic acids is 1. The van der Waals surface area contributed by atoms with Crippen molar-refractivity contribution < 1.29 is 19.8 Å². The second-order valence-electron chi connectivity index (χ2n) is 3.89. The maximum Gasteiger partial charge on any atom is 0.303 e. The Bertz CT molecular complexity index is 447. The van der Waals surface area contributed by atoms with Gasteiger partial charge in [-0.15, -0.1) is 0 Å². The molecule has 1 amide bonds. The summed E-state index contributed by atoms with van der Waals surface area (Å²) in [7, 11) is 1.77. The fourth-order valence-corrected chi connectivity index (χ4v) is 2.16. The quantitative estimate of drug-likeness (QED) is 0.459. The van der Waals surface area contributed by atoms with Crippen molar-refractivity contribution >= 4 is 23.6 Å². The molecule has 0 radical (unpaired) electrons. The van der Waals surface area contributed by atoms with E-state index in [0.29, 0.717) is 23.8 Å². The van der Waals surface area contributed by atoms with Gasteiger partial charge in [0.2, 0.25) is 5.91 Å². The summed E-state index contributed by atoms with van der Waals surface area (Å²) < 4.78 is 1.72. The van der Waals surface area contributed by atoms with Crippen LogP contribution in [0.25, 0.3) is 0 Å². The summed E-state index contributed by atoms with van der Waals surface area (Å²) in [5, 5.41) is 20.7. The number of hydrogen-bond acceptors (Lipinski definition) is 5. The number of amides is 1. The van der Waals surface area contributed by atoms with E-state index in [4.69, 9.17) is 10.2 Å². The van der Waals surface area contributed by atoms with Crippen LogP contribution in [0.15, 0.2) is 11.4 Å². The van der Waals surface area contributed by atoms with Gasteiger partial charge in [0.1, 0.15) is 0 Å². The number of aliphatic carboxylic acids is 1. The zero-order chi connectivity index (χ0) is 14.3. The van der Waals surface area contributed by atoms with E-state index in [9.17, 15) is 9.59 Å². The number of rotatable bonds is 8. The Kier molecular flexibility index (Phi) is 6.37. The molecule has 0 atom stereocenters. The largest absolute Gasteiger partial charge is 0.481 e. The minimum atomic E-state index is -0.867. The van der Waals surface area contributed by atoms with Crippen molar-refractivity contribution in [2.45, 2.75) is 24.6 Å². The van der Waals surface area contributed by atoms with Crippen LogP contribution >= 0.6 is 11.8 Å². The second-order valence-corrected chi connectivity index (χ2v) is 4.83. The highest BCUT2D eigenvalue weighted by molar-refractivity contribution is 7.99. The third-order valence-electron chi connectivity index (χ3n) is 2.43. The Labute approximate surface area is 115 Å². The molecule has 1 rings (SSSR count). The van der Waals surface area contributed by atoms with Crippen molar-refractivity contribution in [1.29, 1.82) is 0 Å². The van der Waals surface area contributed by atoms with Gasteiger partial charge in [0, 0.05) is 20.0 Å². The number of thioether (sulfide) groups is 1. The van der Waals surface area contributed by atoms with Crippen LogP contribution in [-0.2, 0) is 23.2 Å². The molecule has 0 fully saturated rings. The van der Waals surface area contributed by atoms with Gasteiger partial charge in [0.25, 0.3) is 0 Å². The summed E-state index contributed by atoms with van der Waals surface area (Å²) >= 11 is 1.27. The highest BCUT2D eigenvalue weighted by Crippen LogP contribution is 2.16. The minimum absolute atomic E-state index is 0.0483. The SMILES string of the molecule is Cn1c(CO)cnc1SCC(=O)NCCCC(=O)O. The lowest BCUT2D eigenvalue weighted by Crippen LogP contribution is -2.26. The molecule has 1 aromatic rings. The summed E-state index contributed by atoms with van der Waals surface area (Å²) in [6, 6.07) is 0. The molecule has 7 nitrogen and oxygen atoms in total. The monoisotopic (exact) mass is 287 g/mol. The molecular weight excluding hydrogens is 270 g/mol. The van der Waals surface area contributed by atoms with E-state index in [1.54, 1.807) is 17.8 Å². The predicted octanol–water partition coefficient (Wildman–Crippen LogP) is -0.0145. The van der Waals surface area contributed by atoms with Crippen LogP contribution in [0, 0.1) is 0 Å². The Morgan fingerprint density at radius 2 is 2.26 bits per heavy atom. The van der Waals surface area contributed by atoms with Gasteiger partial charge in [0.05, 0.1) is 24.3 Å². The number of imidazole rings is 1. The lowest BCUT2D eigenvalue weighted by atomic mass is 10.3. The van der Waals surface area contributed by atoms with Crippen molar-refractivity contribution in [3.8, 4) is 0 Å². The molecule has 0 saturated heterocycles. The molecule has 0 aromatic carbocycles. The van der Waals surface area contributed by atoms with E-state index in [1.807, 2.05) is 0 Å². The number of aliphatic hydroxyl groups excluding tert-OH is 1. The standard InChI is InChI=1S/C11H17N3O4S/c1-14-8(6-15)5-13-11(14)19-7-9(16)12-4-2-3-10(17)18/h5,15H,2-4,6-7H2,1H3,(H,12,16)(H,17,18). The summed E-state index contributed by atoms with van der Waals surface area (Å²) in [6.45, 7) is 0.263. The number of nitrogens with one attached hydrogen (secondary N) is 1. The smallest absolute Gasteiger partial charge is 0.303 e. The first-order valence-corrected chi connectivity index (χ1v) is 6.76. The predicted molar refractivity (Wildman–Crippen MR) is 69.7 cm³/mol. The third kappa shape index (κ3) is 5.31. The first kappa shape index (κ1) is 15.5. The highest BCUT2D eigenvalue weighted by Gasteiger charge is 2.09. The molecule has 3 N–H and O–H groups in total. The first-order chi connectivity index (χ1) is 9.04. The molecule has 0 aliphatic rings. The molecule has 19 heavy (non-hydrogen) atoms. The highest BCUT2D eigenvalue weighted by atomic mass is 32.2. The molecule has 0 aliphatic carbocycles. The van der Waals surface area contributed by atoms with Crippen LogP contribution in [0.4, 0.5) is 0 Å². The number of nitrogens with zero attached hydrogens (tertiary/aromatic N) is 2. The average Bonchev–Trinajstić information content (AvgIpc) is 2.72. The van der Waals surface area contributed by atoms with E-state index < -0.39 is 5.97 Å². The van der Waals surface area contributed by atoms with E-state index in [2.05, 4.69) is 10.3 Å². The van der Waals surface area contributed by atoms with E-state index >= 15 is 0 Å². The number of carbonyl (C=O) groups is 2. The average molecular weight is 287 g/mol. The second kappa shape index (κ2) is 7.80. The van der Waals surface area contributed by atoms with Crippen molar-refractivity contribution in [2.75, 3.05) is 12.3 Å². The molecule has 106 valence electrons. The van der Waals surface area contributed by atoms with Gasteiger partial charge in [-0.1, -0.05) is 11.8 Å². The lowest BCUT2D eigenvalue weighted by Gasteiger charge is -2.05. The maximum atomic E-state index is 11.5. The van der Waals surface area contributed by atoms with Crippen LogP contribution in [0.5, 0.6) is 0 Å². The van der Waals surface area contributed by atoms with E-state index in [-0.39, 0.29) is 24.7 Å².